The van der Waals surface area contributed by atoms with E-state index in [0.29, 0.717) is 43.1 Å². The number of aromatic amines is 1. The molecule has 0 radical (unpaired) electrons. The molecule has 1 amide bonds. The molecule has 168 valence electrons. The Morgan fingerprint density at radius 1 is 1.19 bits per heavy atom. The van der Waals surface area contributed by atoms with Crippen molar-refractivity contribution >= 4 is 5.91 Å². The average Bonchev–Trinajstić information content (AvgIpc) is 3.33. The zero-order chi connectivity index (χ0) is 22.7. The van der Waals surface area contributed by atoms with Gasteiger partial charge in [0.05, 0.1) is 12.6 Å². The molecule has 0 spiro atoms. The smallest absolute Gasteiger partial charge is 0.273 e. The minimum Gasteiger partial charge on any atom is -0.507 e. The molecule has 4 rings (SSSR count). The number of phenolic OH excluding ortho intramolecular Hbond substituents is 1. The first-order chi connectivity index (χ1) is 15.5. The maximum absolute atomic E-state index is 13.3. The van der Waals surface area contributed by atoms with Crippen molar-refractivity contribution in [2.75, 3.05) is 26.9 Å². The maximum atomic E-state index is 13.3. The Morgan fingerprint density at radius 2 is 2.03 bits per heavy atom. The van der Waals surface area contributed by atoms with Gasteiger partial charge in [0.2, 0.25) is 0 Å². The molecule has 3 aromatic rings. The summed E-state index contributed by atoms with van der Waals surface area (Å²) in [6.45, 7) is 5.76. The van der Waals surface area contributed by atoms with E-state index in [9.17, 15) is 9.90 Å². The standard InChI is InChI=1S/C25H29N3O4/c1-4-12-32-18-8-5-7-17(15-18)24-21-22(19-14-16(2)9-10-20(19)29)26-27-23(21)25(30)28(24)11-6-13-31-3/h5,7-10,14-15,24,29H,4,6,11-13H2,1-3H3,(H,26,27)/t24-/m0/s1. The number of rotatable bonds is 9. The summed E-state index contributed by atoms with van der Waals surface area (Å²) in [6, 6.07) is 12.9. The van der Waals surface area contributed by atoms with Crippen LogP contribution in [0.15, 0.2) is 42.5 Å². The van der Waals surface area contributed by atoms with Gasteiger partial charge < -0.3 is 19.5 Å². The lowest BCUT2D eigenvalue weighted by molar-refractivity contribution is 0.0723. The molecule has 1 aliphatic rings. The van der Waals surface area contributed by atoms with Gasteiger partial charge in [-0.3, -0.25) is 9.89 Å². The number of ether oxygens (including phenoxy) is 2. The average molecular weight is 436 g/mol. The first-order valence-electron chi connectivity index (χ1n) is 11.0. The van der Waals surface area contributed by atoms with Gasteiger partial charge in [0.15, 0.2) is 0 Å². The summed E-state index contributed by atoms with van der Waals surface area (Å²) < 4.78 is 11.1. The van der Waals surface area contributed by atoms with E-state index >= 15 is 0 Å². The van der Waals surface area contributed by atoms with E-state index in [-0.39, 0.29) is 17.7 Å². The molecule has 1 atom stereocenters. The fourth-order valence-electron chi connectivity index (χ4n) is 4.19. The van der Waals surface area contributed by atoms with Crippen molar-refractivity contribution in [2.24, 2.45) is 0 Å². The van der Waals surface area contributed by atoms with Crippen LogP contribution in [0.3, 0.4) is 0 Å². The molecule has 7 heteroatoms. The topological polar surface area (TPSA) is 87.7 Å². The number of hydrogen-bond donors (Lipinski definition) is 2. The monoisotopic (exact) mass is 435 g/mol. The van der Waals surface area contributed by atoms with Gasteiger partial charge in [0, 0.05) is 31.4 Å². The number of aromatic nitrogens is 2. The van der Waals surface area contributed by atoms with Gasteiger partial charge in [-0.05, 0) is 49.6 Å². The van der Waals surface area contributed by atoms with Crippen LogP contribution in [0, 0.1) is 6.92 Å². The molecule has 2 aromatic carbocycles. The van der Waals surface area contributed by atoms with Crippen LogP contribution in [0.1, 0.15) is 53.0 Å². The van der Waals surface area contributed by atoms with Gasteiger partial charge in [0.25, 0.3) is 5.91 Å². The molecule has 1 aliphatic heterocycles. The van der Waals surface area contributed by atoms with Crippen LogP contribution in [0.25, 0.3) is 11.3 Å². The second kappa shape index (κ2) is 9.44. The third-order valence-electron chi connectivity index (χ3n) is 5.67. The van der Waals surface area contributed by atoms with Crippen molar-refractivity contribution in [3.8, 4) is 22.8 Å². The SMILES string of the molecule is CCCOc1cccc([C@H]2c3c(-c4cc(C)ccc4O)n[nH]c3C(=O)N2CCCOC)c1. The Labute approximate surface area is 188 Å². The summed E-state index contributed by atoms with van der Waals surface area (Å²) in [5, 5.41) is 17.9. The molecule has 0 saturated heterocycles. The quantitative estimate of drug-likeness (QED) is 0.485. The number of phenols is 1. The zero-order valence-corrected chi connectivity index (χ0v) is 18.7. The molecule has 0 fully saturated rings. The number of amides is 1. The molecule has 7 nitrogen and oxygen atoms in total. The Morgan fingerprint density at radius 3 is 2.81 bits per heavy atom. The zero-order valence-electron chi connectivity index (χ0n) is 18.7. The van der Waals surface area contributed by atoms with E-state index in [1.54, 1.807) is 13.2 Å². The molecule has 2 N–H and O–H groups in total. The first-order valence-corrected chi connectivity index (χ1v) is 11.0. The predicted octanol–water partition coefficient (Wildman–Crippen LogP) is 4.46. The van der Waals surface area contributed by atoms with E-state index in [4.69, 9.17) is 9.47 Å². The molecule has 0 aliphatic carbocycles. The number of nitrogens with one attached hydrogen (secondary N) is 1. The maximum Gasteiger partial charge on any atom is 0.273 e. The van der Waals surface area contributed by atoms with E-state index in [2.05, 4.69) is 17.1 Å². The van der Waals surface area contributed by atoms with Crippen molar-refractivity contribution < 1.29 is 19.4 Å². The van der Waals surface area contributed by atoms with Gasteiger partial charge >= 0.3 is 0 Å². The van der Waals surface area contributed by atoms with Gasteiger partial charge in [-0.15, -0.1) is 0 Å². The highest BCUT2D eigenvalue weighted by Crippen LogP contribution is 2.45. The fourth-order valence-corrected chi connectivity index (χ4v) is 4.19. The molecule has 32 heavy (non-hydrogen) atoms. The number of H-pyrrole nitrogens is 1. The lowest BCUT2D eigenvalue weighted by Crippen LogP contribution is -2.31. The van der Waals surface area contributed by atoms with Gasteiger partial charge in [-0.2, -0.15) is 5.10 Å². The minimum atomic E-state index is -0.340. The number of nitrogens with zero attached hydrogens (tertiary/aromatic N) is 2. The van der Waals surface area contributed by atoms with E-state index < -0.39 is 0 Å². The third kappa shape index (κ3) is 4.08. The highest BCUT2D eigenvalue weighted by Gasteiger charge is 2.42. The lowest BCUT2D eigenvalue weighted by Gasteiger charge is -2.26. The number of benzene rings is 2. The van der Waals surface area contributed by atoms with Crippen LogP contribution >= 0.6 is 0 Å². The predicted molar refractivity (Wildman–Crippen MR) is 122 cm³/mol. The number of aryl methyl sites for hydroxylation is 1. The number of aromatic hydroxyl groups is 1. The second-order valence-corrected chi connectivity index (χ2v) is 8.05. The molecule has 1 aromatic heterocycles. The molecular weight excluding hydrogens is 406 g/mol. The van der Waals surface area contributed by atoms with Crippen molar-refractivity contribution in [1.29, 1.82) is 0 Å². The van der Waals surface area contributed by atoms with Gasteiger partial charge in [-0.25, -0.2) is 0 Å². The van der Waals surface area contributed by atoms with Crippen LogP contribution in [0.5, 0.6) is 11.5 Å². The normalized spacial score (nSPS) is 15.3. The number of carbonyl (C=O) groups excluding carboxylic acids is 1. The highest BCUT2D eigenvalue weighted by molar-refractivity contribution is 6.00. The fraction of sp³-hybridized carbons (Fsp3) is 0.360. The summed E-state index contributed by atoms with van der Waals surface area (Å²) in [5.74, 6) is 0.798. The van der Waals surface area contributed by atoms with E-state index in [1.807, 2.05) is 48.2 Å². The van der Waals surface area contributed by atoms with E-state index in [1.165, 1.54) is 0 Å². The van der Waals surface area contributed by atoms with Crippen molar-refractivity contribution in [3.05, 3.63) is 64.8 Å². The summed E-state index contributed by atoms with van der Waals surface area (Å²) in [7, 11) is 1.66. The highest BCUT2D eigenvalue weighted by atomic mass is 16.5. The minimum absolute atomic E-state index is 0.105. The number of carbonyl (C=O) groups is 1. The van der Waals surface area contributed by atoms with Crippen LogP contribution in [-0.2, 0) is 4.74 Å². The Kier molecular flexibility index (Phi) is 6.46. The molecular formula is C25H29N3O4. The molecule has 0 bridgehead atoms. The van der Waals surface area contributed by atoms with Gasteiger partial charge in [-0.1, -0.05) is 30.7 Å². The molecule has 0 saturated carbocycles. The van der Waals surface area contributed by atoms with Crippen LogP contribution < -0.4 is 4.74 Å². The van der Waals surface area contributed by atoms with Crippen LogP contribution in [0.4, 0.5) is 0 Å². The Balaban J connectivity index is 1.82. The largest absolute Gasteiger partial charge is 0.507 e. The molecule has 0 unspecified atom stereocenters. The number of fused-ring (bicyclic) bond motifs is 1. The second-order valence-electron chi connectivity index (χ2n) is 8.05. The van der Waals surface area contributed by atoms with Crippen molar-refractivity contribution in [1.82, 2.24) is 15.1 Å². The summed E-state index contributed by atoms with van der Waals surface area (Å²) in [5.41, 5.74) is 4.38. The van der Waals surface area contributed by atoms with Crippen LogP contribution in [0.2, 0.25) is 0 Å². The summed E-state index contributed by atoms with van der Waals surface area (Å²) >= 11 is 0. The van der Waals surface area contributed by atoms with E-state index in [0.717, 1.165) is 28.9 Å². The van der Waals surface area contributed by atoms with Gasteiger partial charge in [0.1, 0.15) is 22.9 Å². The third-order valence-corrected chi connectivity index (χ3v) is 5.67. The first kappa shape index (κ1) is 21.9. The summed E-state index contributed by atoms with van der Waals surface area (Å²) in [4.78, 5) is 15.2. The van der Waals surface area contributed by atoms with Crippen molar-refractivity contribution in [2.45, 2.75) is 32.7 Å². The number of hydrogen-bond acceptors (Lipinski definition) is 5. The van der Waals surface area contributed by atoms with Crippen LogP contribution in [-0.4, -0.2) is 53.0 Å². The van der Waals surface area contributed by atoms with Crippen molar-refractivity contribution in [3.63, 3.8) is 0 Å². The lowest BCUT2D eigenvalue weighted by atomic mass is 9.95. The Hall–Kier alpha value is -3.32. The number of methoxy groups -OCH3 is 1. The summed E-state index contributed by atoms with van der Waals surface area (Å²) in [6.07, 6.45) is 1.63. The Bertz CT molecular complexity index is 1110. The molecule has 2 heterocycles.